The van der Waals surface area contributed by atoms with Crippen molar-refractivity contribution in [3.8, 4) is 17.1 Å². The molecule has 0 bridgehead atoms. The van der Waals surface area contributed by atoms with Crippen molar-refractivity contribution in [2.75, 3.05) is 0 Å². The number of nitrogens with one attached hydrogen (secondary N) is 1. The molecule has 0 fully saturated rings. The summed E-state index contributed by atoms with van der Waals surface area (Å²) in [4.78, 5) is 4.06. The molecule has 1 N–H and O–H groups in total. The van der Waals surface area contributed by atoms with Crippen LogP contribution in [0.1, 0.15) is 11.1 Å². The summed E-state index contributed by atoms with van der Waals surface area (Å²) in [6, 6.07) is 10.4. The van der Waals surface area contributed by atoms with Crippen LogP contribution in [0.2, 0.25) is 5.02 Å². The Kier molecular flexibility index (Phi) is 4.44. The van der Waals surface area contributed by atoms with Crippen LogP contribution in [0.4, 0.5) is 13.2 Å². The second-order valence-corrected chi connectivity index (χ2v) is 5.37. The number of hydrogen-bond acceptors (Lipinski definition) is 3. The van der Waals surface area contributed by atoms with Gasteiger partial charge in [0.05, 0.1) is 10.6 Å². The second-order valence-electron chi connectivity index (χ2n) is 4.97. The molecule has 0 aliphatic rings. The first-order chi connectivity index (χ1) is 11.4. The summed E-state index contributed by atoms with van der Waals surface area (Å²) in [5.74, 6) is 0.805. The maximum absolute atomic E-state index is 12.6. The van der Waals surface area contributed by atoms with E-state index < -0.39 is 11.7 Å². The summed E-state index contributed by atoms with van der Waals surface area (Å²) in [7, 11) is 0. The topological polar surface area (TPSA) is 50.8 Å². The number of alkyl halides is 3. The summed E-state index contributed by atoms with van der Waals surface area (Å²) in [6.07, 6.45) is -3.03. The van der Waals surface area contributed by atoms with Crippen LogP contribution in [0.3, 0.4) is 0 Å². The fourth-order valence-corrected chi connectivity index (χ4v) is 2.34. The number of nitrogens with zero attached hydrogens (tertiary/aromatic N) is 2. The summed E-state index contributed by atoms with van der Waals surface area (Å²) < 4.78 is 43.4. The Morgan fingerprint density at radius 3 is 2.62 bits per heavy atom. The molecule has 0 unspecified atom stereocenters. The normalized spacial score (nSPS) is 11.5. The molecule has 0 radical (unpaired) electrons. The van der Waals surface area contributed by atoms with Crippen LogP contribution < -0.4 is 4.74 Å². The van der Waals surface area contributed by atoms with Gasteiger partial charge in [-0.15, -0.1) is 0 Å². The van der Waals surface area contributed by atoms with Gasteiger partial charge in [0, 0.05) is 5.56 Å². The van der Waals surface area contributed by atoms with Gasteiger partial charge in [0.1, 0.15) is 18.7 Å². The van der Waals surface area contributed by atoms with E-state index in [0.717, 1.165) is 23.3 Å². The van der Waals surface area contributed by atoms with Gasteiger partial charge in [0.2, 0.25) is 0 Å². The number of rotatable bonds is 4. The van der Waals surface area contributed by atoms with Crippen molar-refractivity contribution in [1.29, 1.82) is 0 Å². The Bertz CT molecular complexity index is 835. The molecule has 2 aromatic carbocycles. The van der Waals surface area contributed by atoms with Crippen LogP contribution in [0, 0.1) is 0 Å². The van der Waals surface area contributed by atoms with Crippen LogP contribution >= 0.6 is 11.6 Å². The average Bonchev–Trinajstić information content (AvgIpc) is 3.07. The van der Waals surface area contributed by atoms with Gasteiger partial charge in [-0.2, -0.15) is 18.3 Å². The highest BCUT2D eigenvalue weighted by Gasteiger charge is 2.31. The molecule has 3 aromatic rings. The highest BCUT2D eigenvalue weighted by Crippen LogP contribution is 2.35. The molecule has 0 atom stereocenters. The van der Waals surface area contributed by atoms with Crippen molar-refractivity contribution in [2.45, 2.75) is 12.8 Å². The van der Waals surface area contributed by atoms with E-state index in [9.17, 15) is 13.2 Å². The van der Waals surface area contributed by atoms with Crippen LogP contribution in [-0.4, -0.2) is 15.2 Å². The van der Waals surface area contributed by atoms with Gasteiger partial charge < -0.3 is 4.74 Å². The fourth-order valence-electron chi connectivity index (χ4n) is 2.11. The first-order valence-electron chi connectivity index (χ1n) is 6.88. The van der Waals surface area contributed by atoms with Crippen LogP contribution in [0.5, 0.6) is 5.75 Å². The lowest BCUT2D eigenvalue weighted by Gasteiger charge is -2.11. The zero-order valence-corrected chi connectivity index (χ0v) is 12.9. The minimum absolute atomic E-state index is 0.0868. The number of benzene rings is 2. The minimum Gasteiger partial charge on any atom is -0.487 e. The quantitative estimate of drug-likeness (QED) is 0.738. The van der Waals surface area contributed by atoms with E-state index in [4.69, 9.17) is 16.3 Å². The molecule has 0 aliphatic carbocycles. The molecule has 1 aromatic heterocycles. The predicted molar refractivity (Wildman–Crippen MR) is 82.6 cm³/mol. The third-order valence-corrected chi connectivity index (χ3v) is 3.56. The van der Waals surface area contributed by atoms with Crippen molar-refractivity contribution >= 4 is 11.6 Å². The molecule has 1 heterocycles. The van der Waals surface area contributed by atoms with Crippen LogP contribution in [0.25, 0.3) is 11.4 Å². The first kappa shape index (κ1) is 16.3. The molecular formula is C16H11ClF3N3O. The summed E-state index contributed by atoms with van der Waals surface area (Å²) in [6.45, 7) is 0.160. The number of ether oxygens (including phenoxy) is 1. The SMILES string of the molecule is FC(F)(F)c1ccc(OCc2cccc(-c3ncn[nH]3)c2)c(Cl)c1. The lowest BCUT2D eigenvalue weighted by Crippen LogP contribution is -2.05. The Morgan fingerprint density at radius 1 is 1.12 bits per heavy atom. The molecule has 4 nitrogen and oxygen atoms in total. The highest BCUT2D eigenvalue weighted by molar-refractivity contribution is 6.32. The predicted octanol–water partition coefficient (Wildman–Crippen LogP) is 4.72. The van der Waals surface area contributed by atoms with Gasteiger partial charge >= 0.3 is 6.18 Å². The monoisotopic (exact) mass is 353 g/mol. The zero-order valence-electron chi connectivity index (χ0n) is 12.1. The summed E-state index contributed by atoms with van der Waals surface area (Å²) in [5.41, 5.74) is 0.833. The standard InChI is InChI=1S/C16H11ClF3N3O/c17-13-7-12(16(18,19)20)4-5-14(13)24-8-10-2-1-3-11(6-10)15-21-9-22-23-15/h1-7,9H,8H2,(H,21,22,23). The number of H-pyrrole nitrogens is 1. The number of halogens is 4. The van der Waals surface area contributed by atoms with E-state index in [1.54, 1.807) is 0 Å². The smallest absolute Gasteiger partial charge is 0.416 e. The summed E-state index contributed by atoms with van der Waals surface area (Å²) >= 11 is 5.87. The lowest BCUT2D eigenvalue weighted by molar-refractivity contribution is -0.137. The van der Waals surface area contributed by atoms with Gasteiger partial charge in [-0.3, -0.25) is 5.10 Å². The minimum atomic E-state index is -4.44. The molecule has 0 spiro atoms. The summed E-state index contributed by atoms with van der Waals surface area (Å²) in [5, 5.41) is 6.45. The molecule has 3 rings (SSSR count). The van der Waals surface area contributed by atoms with E-state index in [1.807, 2.05) is 24.3 Å². The Hall–Kier alpha value is -2.54. The van der Waals surface area contributed by atoms with Crippen LogP contribution in [0.15, 0.2) is 48.8 Å². The lowest BCUT2D eigenvalue weighted by atomic mass is 10.1. The third kappa shape index (κ3) is 3.68. The van der Waals surface area contributed by atoms with Crippen molar-refractivity contribution < 1.29 is 17.9 Å². The van der Waals surface area contributed by atoms with Gasteiger partial charge in [-0.25, -0.2) is 4.98 Å². The maximum atomic E-state index is 12.6. The van der Waals surface area contributed by atoms with E-state index in [2.05, 4.69) is 15.2 Å². The molecule has 0 aliphatic heterocycles. The van der Waals surface area contributed by atoms with Crippen molar-refractivity contribution in [3.05, 3.63) is 64.9 Å². The second kappa shape index (κ2) is 6.52. The Balaban J connectivity index is 1.73. The van der Waals surface area contributed by atoms with E-state index in [1.165, 1.54) is 12.4 Å². The van der Waals surface area contributed by atoms with Gasteiger partial charge in [0.25, 0.3) is 0 Å². The number of aromatic nitrogens is 3. The van der Waals surface area contributed by atoms with Crippen molar-refractivity contribution in [1.82, 2.24) is 15.2 Å². The molecule has 0 amide bonds. The van der Waals surface area contributed by atoms with Crippen molar-refractivity contribution in [3.63, 3.8) is 0 Å². The van der Waals surface area contributed by atoms with E-state index in [0.29, 0.717) is 5.82 Å². The van der Waals surface area contributed by atoms with Gasteiger partial charge in [-0.05, 0) is 29.8 Å². The Labute approximate surface area is 140 Å². The number of hydrogen-bond donors (Lipinski definition) is 1. The maximum Gasteiger partial charge on any atom is 0.416 e. The molecule has 8 heteroatoms. The van der Waals surface area contributed by atoms with Crippen LogP contribution in [-0.2, 0) is 12.8 Å². The number of aromatic amines is 1. The molecule has 124 valence electrons. The third-order valence-electron chi connectivity index (χ3n) is 3.27. The van der Waals surface area contributed by atoms with Gasteiger partial charge in [-0.1, -0.05) is 29.8 Å². The van der Waals surface area contributed by atoms with E-state index >= 15 is 0 Å². The average molecular weight is 354 g/mol. The van der Waals surface area contributed by atoms with Gasteiger partial charge in [0.15, 0.2) is 5.82 Å². The molecule has 0 saturated carbocycles. The highest BCUT2D eigenvalue weighted by atomic mass is 35.5. The van der Waals surface area contributed by atoms with Crippen molar-refractivity contribution in [2.24, 2.45) is 0 Å². The zero-order chi connectivity index (χ0) is 17.2. The van der Waals surface area contributed by atoms with E-state index in [-0.39, 0.29) is 17.4 Å². The molecule has 24 heavy (non-hydrogen) atoms. The fraction of sp³-hybridized carbons (Fsp3) is 0.125. The molecular weight excluding hydrogens is 343 g/mol. The largest absolute Gasteiger partial charge is 0.487 e. The molecule has 0 saturated heterocycles. The Morgan fingerprint density at radius 2 is 1.96 bits per heavy atom. The first-order valence-corrected chi connectivity index (χ1v) is 7.25.